The first-order valence-corrected chi connectivity index (χ1v) is 8.18. The Hall–Kier alpha value is -1.53. The Morgan fingerprint density at radius 2 is 2.14 bits per heavy atom. The third-order valence-corrected chi connectivity index (χ3v) is 4.85. The van der Waals surface area contributed by atoms with E-state index in [1.807, 2.05) is 12.1 Å². The fourth-order valence-corrected chi connectivity index (χ4v) is 3.53. The minimum Gasteiger partial charge on any atom is -0.467 e. The minimum absolute atomic E-state index is 0.152. The molecular formula is C16H25N3O3. The quantitative estimate of drug-likeness (QED) is 0.659. The van der Waals surface area contributed by atoms with Crippen molar-refractivity contribution in [2.24, 2.45) is 11.8 Å². The lowest BCUT2D eigenvalue weighted by Gasteiger charge is -2.43. The molecule has 2 fully saturated rings. The molecule has 0 spiro atoms. The molecule has 1 atom stereocenters. The van der Waals surface area contributed by atoms with Crippen LogP contribution in [-0.2, 0) is 6.54 Å². The van der Waals surface area contributed by atoms with Crippen LogP contribution in [0, 0.1) is 11.8 Å². The topological polar surface area (TPSA) is 86.5 Å². The van der Waals surface area contributed by atoms with E-state index in [1.54, 1.807) is 6.26 Å². The lowest BCUT2D eigenvalue weighted by Crippen LogP contribution is -2.54. The van der Waals surface area contributed by atoms with Gasteiger partial charge in [-0.1, -0.05) is 0 Å². The Morgan fingerprint density at radius 3 is 2.77 bits per heavy atom. The van der Waals surface area contributed by atoms with Crippen molar-refractivity contribution < 1.29 is 14.3 Å². The van der Waals surface area contributed by atoms with Crippen LogP contribution in [0.2, 0.25) is 0 Å². The molecule has 1 aromatic rings. The molecule has 2 amide bonds. The van der Waals surface area contributed by atoms with Gasteiger partial charge in [0.1, 0.15) is 5.76 Å². The van der Waals surface area contributed by atoms with Crippen molar-refractivity contribution in [3.05, 3.63) is 24.2 Å². The van der Waals surface area contributed by atoms with Crippen LogP contribution in [0.1, 0.15) is 31.4 Å². The van der Waals surface area contributed by atoms with Crippen molar-refractivity contribution >= 4 is 6.03 Å². The van der Waals surface area contributed by atoms with E-state index in [0.717, 1.165) is 44.5 Å². The molecular weight excluding hydrogens is 282 g/mol. The van der Waals surface area contributed by atoms with Gasteiger partial charge in [-0.05, 0) is 62.7 Å². The first-order chi connectivity index (χ1) is 10.7. The van der Waals surface area contributed by atoms with Gasteiger partial charge in [-0.15, -0.1) is 0 Å². The van der Waals surface area contributed by atoms with Gasteiger partial charge in [0.05, 0.1) is 18.9 Å². The number of carbonyl (C=O) groups excluding carboxylic acids is 1. The van der Waals surface area contributed by atoms with E-state index in [2.05, 4.69) is 16.0 Å². The fourth-order valence-electron chi connectivity index (χ4n) is 3.53. The molecule has 0 radical (unpaired) electrons. The van der Waals surface area contributed by atoms with E-state index < -0.39 is 0 Å². The molecule has 3 rings (SSSR count). The van der Waals surface area contributed by atoms with Gasteiger partial charge in [0.2, 0.25) is 0 Å². The summed E-state index contributed by atoms with van der Waals surface area (Å²) in [4.78, 5) is 12.2. The first kappa shape index (κ1) is 15.4. The van der Waals surface area contributed by atoms with Gasteiger partial charge in [-0.3, -0.25) is 0 Å². The van der Waals surface area contributed by atoms with Gasteiger partial charge in [-0.2, -0.15) is 0 Å². The van der Waals surface area contributed by atoms with Crippen LogP contribution < -0.4 is 16.0 Å². The number of amides is 2. The van der Waals surface area contributed by atoms with Crippen LogP contribution in [-0.4, -0.2) is 36.4 Å². The number of nitrogens with one attached hydrogen (secondary N) is 3. The van der Waals surface area contributed by atoms with Crippen molar-refractivity contribution in [3.8, 4) is 0 Å². The normalized spacial score (nSPS) is 27.0. The number of carbonyl (C=O) groups is 1. The summed E-state index contributed by atoms with van der Waals surface area (Å²) in [5.74, 6) is 1.63. The van der Waals surface area contributed by atoms with E-state index in [1.165, 1.54) is 0 Å². The van der Waals surface area contributed by atoms with Crippen LogP contribution in [0.4, 0.5) is 4.79 Å². The molecule has 1 saturated carbocycles. The largest absolute Gasteiger partial charge is 0.467 e. The number of rotatable bonds is 5. The summed E-state index contributed by atoms with van der Waals surface area (Å²) in [5.41, 5.74) is 0. The molecule has 1 aliphatic heterocycles. The molecule has 1 saturated heterocycles. The second-order valence-electron chi connectivity index (χ2n) is 6.40. The number of urea groups is 1. The summed E-state index contributed by atoms with van der Waals surface area (Å²) >= 11 is 0. The SMILES string of the molecule is O=C(NCc1ccco1)N[C@H](C1CCNCC1)C1CC(O)C1. The predicted molar refractivity (Wildman–Crippen MR) is 82.2 cm³/mol. The summed E-state index contributed by atoms with van der Waals surface area (Å²) in [7, 11) is 0. The van der Waals surface area contributed by atoms with E-state index in [9.17, 15) is 9.90 Å². The highest BCUT2D eigenvalue weighted by Gasteiger charge is 2.39. The molecule has 1 aromatic heterocycles. The number of aliphatic hydroxyl groups is 1. The summed E-state index contributed by atoms with van der Waals surface area (Å²) < 4.78 is 5.22. The zero-order valence-electron chi connectivity index (χ0n) is 12.8. The minimum atomic E-state index is -0.192. The highest BCUT2D eigenvalue weighted by atomic mass is 16.3. The molecule has 0 unspecified atom stereocenters. The average Bonchev–Trinajstić information content (AvgIpc) is 3.02. The number of furan rings is 1. The molecule has 4 N–H and O–H groups in total. The third-order valence-electron chi connectivity index (χ3n) is 4.85. The van der Waals surface area contributed by atoms with Crippen molar-refractivity contribution in [1.82, 2.24) is 16.0 Å². The van der Waals surface area contributed by atoms with Gasteiger partial charge in [0, 0.05) is 6.04 Å². The smallest absolute Gasteiger partial charge is 0.315 e. The Labute approximate surface area is 130 Å². The standard InChI is InChI=1S/C16H25N3O3/c20-13-8-12(9-13)15(11-3-5-17-6-4-11)19-16(21)18-10-14-2-1-7-22-14/h1-2,7,11-13,15,17,20H,3-6,8-10H2,(H2,18,19,21)/t12?,13?,15-/m1/s1. The van der Waals surface area contributed by atoms with Gasteiger partial charge < -0.3 is 25.5 Å². The lowest BCUT2D eigenvalue weighted by atomic mass is 9.71. The maximum atomic E-state index is 12.2. The monoisotopic (exact) mass is 307 g/mol. The van der Waals surface area contributed by atoms with Gasteiger partial charge in [-0.25, -0.2) is 4.79 Å². The van der Waals surface area contributed by atoms with Crippen LogP contribution in [0.15, 0.2) is 22.8 Å². The van der Waals surface area contributed by atoms with E-state index in [-0.39, 0.29) is 18.2 Å². The average molecular weight is 307 g/mol. The zero-order chi connectivity index (χ0) is 15.4. The molecule has 122 valence electrons. The zero-order valence-corrected chi connectivity index (χ0v) is 12.8. The van der Waals surface area contributed by atoms with Crippen molar-refractivity contribution in [3.63, 3.8) is 0 Å². The Balaban J connectivity index is 1.53. The maximum Gasteiger partial charge on any atom is 0.315 e. The first-order valence-electron chi connectivity index (χ1n) is 8.18. The lowest BCUT2D eigenvalue weighted by molar-refractivity contribution is 0.0116. The van der Waals surface area contributed by atoms with Crippen molar-refractivity contribution in [2.45, 2.75) is 44.4 Å². The molecule has 2 heterocycles. The second kappa shape index (κ2) is 7.15. The number of hydrogen-bond acceptors (Lipinski definition) is 4. The van der Waals surface area contributed by atoms with Crippen LogP contribution >= 0.6 is 0 Å². The maximum absolute atomic E-state index is 12.2. The Bertz CT molecular complexity index is 465. The van der Waals surface area contributed by atoms with Gasteiger partial charge in [0.15, 0.2) is 0 Å². The van der Waals surface area contributed by atoms with E-state index in [4.69, 9.17) is 4.42 Å². The summed E-state index contributed by atoms with van der Waals surface area (Å²) in [5, 5.41) is 18.9. The van der Waals surface area contributed by atoms with Crippen LogP contribution in [0.25, 0.3) is 0 Å². The number of aliphatic hydroxyl groups excluding tert-OH is 1. The molecule has 0 bridgehead atoms. The van der Waals surface area contributed by atoms with Crippen LogP contribution in [0.5, 0.6) is 0 Å². The molecule has 6 nitrogen and oxygen atoms in total. The summed E-state index contributed by atoms with van der Waals surface area (Å²) in [6.45, 7) is 2.41. The van der Waals surface area contributed by atoms with Crippen LogP contribution in [0.3, 0.4) is 0 Å². The number of hydrogen-bond donors (Lipinski definition) is 4. The molecule has 2 aliphatic rings. The second-order valence-corrected chi connectivity index (χ2v) is 6.40. The fraction of sp³-hybridized carbons (Fsp3) is 0.688. The van der Waals surface area contributed by atoms with E-state index in [0.29, 0.717) is 18.4 Å². The third kappa shape index (κ3) is 3.81. The van der Waals surface area contributed by atoms with Gasteiger partial charge in [0.25, 0.3) is 0 Å². The summed E-state index contributed by atoms with van der Waals surface area (Å²) in [6, 6.07) is 3.65. The highest BCUT2D eigenvalue weighted by Crippen LogP contribution is 2.35. The van der Waals surface area contributed by atoms with Gasteiger partial charge >= 0.3 is 6.03 Å². The predicted octanol–water partition coefficient (Wildman–Crippen LogP) is 1.22. The van der Waals surface area contributed by atoms with E-state index >= 15 is 0 Å². The Morgan fingerprint density at radius 1 is 1.36 bits per heavy atom. The molecule has 0 aromatic carbocycles. The van der Waals surface area contributed by atoms with Crippen molar-refractivity contribution in [2.75, 3.05) is 13.1 Å². The highest BCUT2D eigenvalue weighted by molar-refractivity contribution is 5.74. The molecule has 22 heavy (non-hydrogen) atoms. The number of piperidine rings is 1. The Kier molecular flexibility index (Phi) is 5.00. The molecule has 1 aliphatic carbocycles. The van der Waals surface area contributed by atoms with Crippen molar-refractivity contribution in [1.29, 1.82) is 0 Å². The summed E-state index contributed by atoms with van der Waals surface area (Å²) in [6.07, 6.45) is 5.16. The molecule has 6 heteroatoms.